The predicted molar refractivity (Wildman–Crippen MR) is 168 cm³/mol. The summed E-state index contributed by atoms with van der Waals surface area (Å²) in [4.78, 5) is 14.6. The summed E-state index contributed by atoms with van der Waals surface area (Å²) in [6.45, 7) is 12.3. The first-order valence-electron chi connectivity index (χ1n) is 14.5. The van der Waals surface area contributed by atoms with Gasteiger partial charge >= 0.3 is 0 Å². The molecule has 0 bridgehead atoms. The van der Waals surface area contributed by atoms with Gasteiger partial charge in [0.1, 0.15) is 24.3 Å². The lowest BCUT2D eigenvalue weighted by atomic mass is 9.91. The number of hydrogen-bond donors (Lipinski definition) is 0. The van der Waals surface area contributed by atoms with Crippen molar-refractivity contribution >= 4 is 55.1 Å². The molecule has 6 rings (SSSR count). The third-order valence-corrected chi connectivity index (χ3v) is 8.28. The van der Waals surface area contributed by atoms with Crippen LogP contribution in [0.4, 0.5) is 5.69 Å². The summed E-state index contributed by atoms with van der Waals surface area (Å²) in [5, 5.41) is 19.5. The van der Waals surface area contributed by atoms with Crippen LogP contribution in [0.2, 0.25) is 0 Å². The summed E-state index contributed by atoms with van der Waals surface area (Å²) in [6, 6.07) is 28.5. The molecule has 1 aromatic heterocycles. The number of aromatic carboxylic acids is 1. The highest BCUT2D eigenvalue weighted by atomic mass is 16.4. The maximum Gasteiger partial charge on any atom is 0.200 e. The fraction of sp³-hybridized carbons (Fsp3) is 0.222. The molecule has 6 aromatic rings. The van der Waals surface area contributed by atoms with E-state index in [0.717, 1.165) is 64.1 Å². The van der Waals surface area contributed by atoms with E-state index in [-0.39, 0.29) is 5.56 Å². The lowest BCUT2D eigenvalue weighted by molar-refractivity contribution is -0.254. The van der Waals surface area contributed by atoms with Crippen molar-refractivity contribution < 1.29 is 14.3 Å². The van der Waals surface area contributed by atoms with Gasteiger partial charge < -0.3 is 19.2 Å². The number of nitrogens with zero attached hydrogens (tertiary/aromatic N) is 2. The minimum absolute atomic E-state index is 0.162. The fourth-order valence-corrected chi connectivity index (χ4v) is 6.09. The van der Waals surface area contributed by atoms with E-state index in [1.807, 2.05) is 12.1 Å². The van der Waals surface area contributed by atoms with Gasteiger partial charge in [-0.3, -0.25) is 0 Å². The van der Waals surface area contributed by atoms with Crippen molar-refractivity contribution in [2.45, 2.75) is 27.7 Å². The van der Waals surface area contributed by atoms with Crippen LogP contribution in [-0.4, -0.2) is 32.1 Å². The molecule has 206 valence electrons. The highest BCUT2D eigenvalue weighted by Crippen LogP contribution is 2.41. The largest absolute Gasteiger partial charge is 0.545 e. The molecule has 0 saturated heterocycles. The average Bonchev–Trinajstić information content (AvgIpc) is 2.99. The Bertz CT molecular complexity index is 2030. The van der Waals surface area contributed by atoms with Gasteiger partial charge in [-0.15, -0.1) is 0 Å². The van der Waals surface area contributed by atoms with Crippen molar-refractivity contribution in [2.75, 3.05) is 31.1 Å². The third kappa shape index (κ3) is 4.61. The summed E-state index contributed by atoms with van der Waals surface area (Å²) >= 11 is 0. The molecular formula is C36H34N2O3. The molecular weight excluding hydrogens is 508 g/mol. The van der Waals surface area contributed by atoms with Crippen molar-refractivity contribution in [3.05, 3.63) is 95.8 Å². The molecule has 41 heavy (non-hydrogen) atoms. The number of carboxylic acid groups (broad SMARTS) is 1. The Morgan fingerprint density at radius 3 is 1.95 bits per heavy atom. The van der Waals surface area contributed by atoms with Crippen LogP contribution < -0.4 is 19.9 Å². The minimum Gasteiger partial charge on any atom is -0.545 e. The maximum atomic E-state index is 12.3. The van der Waals surface area contributed by atoms with Crippen LogP contribution in [-0.2, 0) is 0 Å². The highest BCUT2D eigenvalue weighted by molar-refractivity contribution is 6.16. The summed E-state index contributed by atoms with van der Waals surface area (Å²) in [5.41, 5.74) is 4.21. The summed E-state index contributed by atoms with van der Waals surface area (Å²) in [5.74, 6) is -1.20. The lowest BCUT2D eigenvalue weighted by Crippen LogP contribution is -2.29. The Kier molecular flexibility index (Phi) is 6.96. The van der Waals surface area contributed by atoms with Crippen molar-refractivity contribution in [3.63, 3.8) is 0 Å². The topological polar surface area (TPSA) is 59.5 Å². The van der Waals surface area contributed by atoms with Gasteiger partial charge in [0.2, 0.25) is 5.36 Å². The zero-order chi connectivity index (χ0) is 28.7. The second kappa shape index (κ2) is 10.7. The first kappa shape index (κ1) is 26.6. The summed E-state index contributed by atoms with van der Waals surface area (Å²) in [7, 11) is 0. The van der Waals surface area contributed by atoms with E-state index in [2.05, 4.69) is 97.8 Å². The first-order chi connectivity index (χ1) is 19.9. The average molecular weight is 543 g/mol. The fourth-order valence-electron chi connectivity index (χ4n) is 6.09. The molecule has 0 aliphatic rings. The second-order valence-electron chi connectivity index (χ2n) is 10.4. The van der Waals surface area contributed by atoms with Gasteiger partial charge in [-0.2, -0.15) is 0 Å². The van der Waals surface area contributed by atoms with Gasteiger partial charge in [0.25, 0.3) is 0 Å². The van der Waals surface area contributed by atoms with E-state index in [4.69, 9.17) is 4.42 Å². The van der Waals surface area contributed by atoms with Gasteiger partial charge in [0, 0.05) is 52.8 Å². The standard InChI is InChI=1S/C36H34N2O3/c1-5-37(6-2)27-15-13-23-19-31-33(21-25(23)17-27)41-34-22-26-18-28(38(7-3)8-4)16-14-24(26)20-32(34)35(31)29-11-9-10-12-30(29)36(39)40/h9-22H,5-8H2,1-4H3. The van der Waals surface area contributed by atoms with Crippen LogP contribution in [0.3, 0.4) is 0 Å². The molecule has 5 heteroatoms. The second-order valence-corrected chi connectivity index (χ2v) is 10.4. The molecule has 5 aromatic carbocycles. The maximum absolute atomic E-state index is 12.3. The normalized spacial score (nSPS) is 11.5. The number of hydrogen-bond acceptors (Lipinski definition) is 4. The van der Waals surface area contributed by atoms with E-state index in [1.54, 1.807) is 12.1 Å². The van der Waals surface area contributed by atoms with Crippen LogP contribution in [0, 0.1) is 0 Å². The zero-order valence-corrected chi connectivity index (χ0v) is 24.0. The number of carboxylic acids is 1. The van der Waals surface area contributed by atoms with E-state index in [9.17, 15) is 9.90 Å². The molecule has 0 atom stereocenters. The van der Waals surface area contributed by atoms with Crippen molar-refractivity contribution in [3.8, 4) is 11.1 Å². The molecule has 0 N–H and O–H groups in total. The Balaban J connectivity index is 1.74. The number of carbonyl (C=O) groups is 1. The zero-order valence-electron chi connectivity index (χ0n) is 24.0. The quantitative estimate of drug-likeness (QED) is 0.169. The SMILES string of the molecule is CCN(CC)c1ccc2cc3c(-c4ccccc4C(=O)[O-])c4cc5ccc(=[N+](CC)CC)cc5cc4oc3cc2c1. The van der Waals surface area contributed by atoms with E-state index in [0.29, 0.717) is 16.7 Å². The monoisotopic (exact) mass is 542 g/mol. The lowest BCUT2D eigenvalue weighted by Gasteiger charge is -2.21. The van der Waals surface area contributed by atoms with E-state index >= 15 is 0 Å². The number of benzene rings is 5. The van der Waals surface area contributed by atoms with E-state index in [1.165, 1.54) is 11.0 Å². The number of carbonyl (C=O) groups excluding carboxylic acids is 1. The van der Waals surface area contributed by atoms with E-state index < -0.39 is 5.97 Å². The Morgan fingerprint density at radius 1 is 0.732 bits per heavy atom. The van der Waals surface area contributed by atoms with Gasteiger partial charge in [0.05, 0.1) is 5.97 Å². The van der Waals surface area contributed by atoms with Crippen LogP contribution >= 0.6 is 0 Å². The summed E-state index contributed by atoms with van der Waals surface area (Å²) in [6.07, 6.45) is 0. The van der Waals surface area contributed by atoms with Crippen LogP contribution in [0.5, 0.6) is 0 Å². The van der Waals surface area contributed by atoms with Crippen molar-refractivity contribution in [2.24, 2.45) is 0 Å². The number of anilines is 1. The highest BCUT2D eigenvalue weighted by Gasteiger charge is 2.18. The van der Waals surface area contributed by atoms with Gasteiger partial charge in [-0.05, 0) is 97.3 Å². The van der Waals surface area contributed by atoms with Crippen molar-refractivity contribution in [1.29, 1.82) is 0 Å². The molecule has 0 amide bonds. The Morgan fingerprint density at radius 2 is 1.34 bits per heavy atom. The van der Waals surface area contributed by atoms with Gasteiger partial charge in [-0.25, -0.2) is 4.58 Å². The van der Waals surface area contributed by atoms with Gasteiger partial charge in [0.15, 0.2) is 0 Å². The van der Waals surface area contributed by atoms with Crippen LogP contribution in [0.15, 0.2) is 89.3 Å². The number of fused-ring (bicyclic) bond motifs is 4. The summed E-state index contributed by atoms with van der Waals surface area (Å²) < 4.78 is 8.96. The Hall–Kier alpha value is -4.64. The first-order valence-corrected chi connectivity index (χ1v) is 14.5. The van der Waals surface area contributed by atoms with Crippen LogP contribution in [0.25, 0.3) is 54.6 Å². The smallest absolute Gasteiger partial charge is 0.200 e. The molecule has 0 aliphatic carbocycles. The molecule has 1 heterocycles. The molecule has 5 nitrogen and oxygen atoms in total. The minimum atomic E-state index is -1.20. The predicted octanol–water partition coefficient (Wildman–Crippen LogP) is 6.58. The molecule has 0 radical (unpaired) electrons. The molecule has 0 spiro atoms. The third-order valence-electron chi connectivity index (χ3n) is 8.28. The number of rotatable bonds is 7. The molecule has 0 unspecified atom stereocenters. The van der Waals surface area contributed by atoms with Crippen molar-refractivity contribution in [1.82, 2.24) is 4.58 Å². The van der Waals surface area contributed by atoms with Crippen LogP contribution in [0.1, 0.15) is 38.1 Å². The molecule has 0 saturated carbocycles. The molecule has 0 aliphatic heterocycles. The molecule has 0 fully saturated rings. The Labute approximate surface area is 239 Å². The van der Waals surface area contributed by atoms with Gasteiger partial charge in [-0.1, -0.05) is 30.3 Å².